The maximum absolute atomic E-state index is 11.5. The molecule has 0 aliphatic heterocycles. The van der Waals surface area contributed by atoms with Crippen molar-refractivity contribution in [3.63, 3.8) is 0 Å². The molecule has 0 saturated carbocycles. The Morgan fingerprint density at radius 2 is 1.42 bits per heavy atom. The van der Waals surface area contributed by atoms with Crippen LogP contribution in [0.25, 0.3) is 0 Å². The molecule has 0 aromatic carbocycles. The van der Waals surface area contributed by atoms with Gasteiger partial charge >= 0.3 is 0 Å². The molecule has 3 nitrogen and oxygen atoms in total. The minimum Gasteiger partial charge on any atom is -0.356 e. The van der Waals surface area contributed by atoms with Crippen molar-refractivity contribution >= 4 is 5.91 Å². The normalized spacial score (nSPS) is 10.6. The lowest BCUT2D eigenvalue weighted by molar-refractivity contribution is -0.121. The summed E-state index contributed by atoms with van der Waals surface area (Å²) in [6.45, 7) is 3.86. The first-order valence-corrected chi connectivity index (χ1v) is 8.28. The first-order valence-electron chi connectivity index (χ1n) is 8.28. The van der Waals surface area contributed by atoms with Crippen LogP contribution in [0.2, 0.25) is 0 Å². The summed E-state index contributed by atoms with van der Waals surface area (Å²) in [5.74, 6) is 0.235. The van der Waals surface area contributed by atoms with E-state index in [1.807, 2.05) is 0 Å². The predicted molar refractivity (Wildman–Crippen MR) is 83.1 cm³/mol. The van der Waals surface area contributed by atoms with E-state index in [0.717, 1.165) is 32.4 Å². The van der Waals surface area contributed by atoms with Crippen LogP contribution in [0.1, 0.15) is 84.0 Å². The molecule has 0 aromatic heterocycles. The summed E-state index contributed by atoms with van der Waals surface area (Å²) >= 11 is 0. The molecule has 1 amide bonds. The molecule has 0 saturated heterocycles. The third-order valence-electron chi connectivity index (χ3n) is 3.46. The van der Waals surface area contributed by atoms with Gasteiger partial charge in [-0.1, -0.05) is 58.3 Å². The number of rotatable bonds is 14. The van der Waals surface area contributed by atoms with Gasteiger partial charge in [0.15, 0.2) is 0 Å². The Hall–Kier alpha value is -0.570. The molecule has 0 atom stereocenters. The number of unbranched alkanes of at least 4 members (excludes halogenated alkanes) is 9. The average Bonchev–Trinajstić information content (AvgIpc) is 2.42. The number of nitrogens with two attached hydrogens (primary N) is 1. The summed E-state index contributed by atoms with van der Waals surface area (Å²) in [6, 6.07) is 0. The van der Waals surface area contributed by atoms with Crippen LogP contribution >= 0.6 is 0 Å². The van der Waals surface area contributed by atoms with Gasteiger partial charge in [-0.05, 0) is 25.8 Å². The van der Waals surface area contributed by atoms with E-state index in [2.05, 4.69) is 12.2 Å². The molecule has 19 heavy (non-hydrogen) atoms. The maximum atomic E-state index is 11.5. The van der Waals surface area contributed by atoms with Gasteiger partial charge in [0.2, 0.25) is 5.91 Å². The zero-order valence-electron chi connectivity index (χ0n) is 12.9. The molecule has 0 heterocycles. The quantitative estimate of drug-likeness (QED) is 0.472. The highest BCUT2D eigenvalue weighted by Gasteiger charge is 2.00. The van der Waals surface area contributed by atoms with E-state index in [9.17, 15) is 4.79 Å². The fourth-order valence-electron chi connectivity index (χ4n) is 2.18. The van der Waals surface area contributed by atoms with Crippen molar-refractivity contribution in [2.75, 3.05) is 13.1 Å². The van der Waals surface area contributed by atoms with E-state index in [1.165, 1.54) is 51.4 Å². The molecule has 0 aromatic rings. The second-order valence-electron chi connectivity index (χ2n) is 5.42. The average molecular weight is 270 g/mol. The molecule has 114 valence electrons. The highest BCUT2D eigenvalue weighted by Crippen LogP contribution is 2.09. The summed E-state index contributed by atoms with van der Waals surface area (Å²) in [7, 11) is 0. The van der Waals surface area contributed by atoms with Gasteiger partial charge in [-0.3, -0.25) is 4.79 Å². The van der Waals surface area contributed by atoms with Crippen LogP contribution < -0.4 is 11.1 Å². The van der Waals surface area contributed by atoms with Crippen molar-refractivity contribution in [1.82, 2.24) is 5.32 Å². The third-order valence-corrected chi connectivity index (χ3v) is 3.46. The van der Waals surface area contributed by atoms with Crippen LogP contribution in [0.3, 0.4) is 0 Å². The Bertz CT molecular complexity index is 195. The molecule has 0 spiro atoms. The van der Waals surface area contributed by atoms with Gasteiger partial charge in [-0.25, -0.2) is 0 Å². The minimum atomic E-state index is 0.235. The number of carbonyl (C=O) groups excluding carboxylic acids is 1. The van der Waals surface area contributed by atoms with E-state index in [1.54, 1.807) is 0 Å². The van der Waals surface area contributed by atoms with Crippen LogP contribution in [-0.2, 0) is 4.79 Å². The highest BCUT2D eigenvalue weighted by atomic mass is 16.1. The minimum absolute atomic E-state index is 0.235. The summed E-state index contributed by atoms with van der Waals surface area (Å²) in [6.07, 6.45) is 14.1. The number of hydrogen-bond acceptors (Lipinski definition) is 2. The molecule has 3 N–H and O–H groups in total. The second kappa shape index (κ2) is 15.5. The van der Waals surface area contributed by atoms with E-state index >= 15 is 0 Å². The SMILES string of the molecule is CCCCCNC(=O)CCCCCCCCCCN. The van der Waals surface area contributed by atoms with Crippen molar-refractivity contribution < 1.29 is 4.79 Å². The molecule has 0 rings (SSSR count). The van der Waals surface area contributed by atoms with Crippen LogP contribution in [0.4, 0.5) is 0 Å². The number of hydrogen-bond donors (Lipinski definition) is 2. The lowest BCUT2D eigenvalue weighted by Crippen LogP contribution is -2.23. The Morgan fingerprint density at radius 1 is 0.842 bits per heavy atom. The van der Waals surface area contributed by atoms with Crippen molar-refractivity contribution in [1.29, 1.82) is 0 Å². The summed E-state index contributed by atoms with van der Waals surface area (Å²) in [5, 5.41) is 2.99. The van der Waals surface area contributed by atoms with E-state index in [0.29, 0.717) is 6.42 Å². The van der Waals surface area contributed by atoms with Gasteiger partial charge < -0.3 is 11.1 Å². The van der Waals surface area contributed by atoms with Gasteiger partial charge in [0, 0.05) is 13.0 Å². The first-order chi connectivity index (χ1) is 9.31. The first kappa shape index (κ1) is 18.4. The largest absolute Gasteiger partial charge is 0.356 e. The molecule has 0 radical (unpaired) electrons. The fourth-order valence-corrected chi connectivity index (χ4v) is 2.18. The van der Waals surface area contributed by atoms with Gasteiger partial charge in [0.1, 0.15) is 0 Å². The molecule has 0 bridgehead atoms. The van der Waals surface area contributed by atoms with Crippen LogP contribution in [-0.4, -0.2) is 19.0 Å². The van der Waals surface area contributed by atoms with Gasteiger partial charge in [-0.15, -0.1) is 0 Å². The lowest BCUT2D eigenvalue weighted by atomic mass is 10.1. The maximum Gasteiger partial charge on any atom is 0.219 e. The molecular weight excluding hydrogens is 236 g/mol. The standard InChI is InChI=1S/C16H34N2O/c1-2-3-12-15-18-16(19)13-10-8-6-4-5-7-9-11-14-17/h2-15,17H2,1H3,(H,18,19). The van der Waals surface area contributed by atoms with E-state index in [4.69, 9.17) is 5.73 Å². The topological polar surface area (TPSA) is 55.1 Å². The molecule has 0 aliphatic carbocycles. The van der Waals surface area contributed by atoms with Crippen LogP contribution in [0, 0.1) is 0 Å². The van der Waals surface area contributed by atoms with Crippen molar-refractivity contribution in [3.05, 3.63) is 0 Å². The Kier molecular flexibility index (Phi) is 15.0. The number of nitrogens with one attached hydrogen (secondary N) is 1. The summed E-state index contributed by atoms with van der Waals surface area (Å²) in [4.78, 5) is 11.5. The smallest absolute Gasteiger partial charge is 0.219 e. The van der Waals surface area contributed by atoms with E-state index in [-0.39, 0.29) is 5.91 Å². The zero-order chi connectivity index (χ0) is 14.2. The molecular formula is C16H34N2O. The number of amides is 1. The molecule has 0 unspecified atom stereocenters. The second-order valence-corrected chi connectivity index (χ2v) is 5.42. The van der Waals surface area contributed by atoms with E-state index < -0.39 is 0 Å². The van der Waals surface area contributed by atoms with Crippen LogP contribution in [0.15, 0.2) is 0 Å². The monoisotopic (exact) mass is 270 g/mol. The van der Waals surface area contributed by atoms with Crippen molar-refractivity contribution in [3.8, 4) is 0 Å². The number of carbonyl (C=O) groups is 1. The van der Waals surface area contributed by atoms with Gasteiger partial charge in [-0.2, -0.15) is 0 Å². The van der Waals surface area contributed by atoms with Crippen molar-refractivity contribution in [2.24, 2.45) is 5.73 Å². The zero-order valence-corrected chi connectivity index (χ0v) is 12.9. The fraction of sp³-hybridized carbons (Fsp3) is 0.938. The van der Waals surface area contributed by atoms with Crippen molar-refractivity contribution in [2.45, 2.75) is 84.0 Å². The van der Waals surface area contributed by atoms with Gasteiger partial charge in [0.05, 0.1) is 0 Å². The molecule has 0 fully saturated rings. The molecule has 0 aliphatic rings. The lowest BCUT2D eigenvalue weighted by Gasteiger charge is -2.05. The Morgan fingerprint density at radius 3 is 2.00 bits per heavy atom. The molecule has 3 heteroatoms. The summed E-state index contributed by atoms with van der Waals surface area (Å²) in [5.41, 5.74) is 5.45. The highest BCUT2D eigenvalue weighted by molar-refractivity contribution is 5.75. The van der Waals surface area contributed by atoms with Crippen LogP contribution in [0.5, 0.6) is 0 Å². The van der Waals surface area contributed by atoms with Gasteiger partial charge in [0.25, 0.3) is 0 Å². The predicted octanol–water partition coefficient (Wildman–Crippen LogP) is 3.76. The Labute approximate surface area is 119 Å². The Balaban J connectivity index is 3.10. The summed E-state index contributed by atoms with van der Waals surface area (Å²) < 4.78 is 0. The third kappa shape index (κ3) is 15.4.